The van der Waals surface area contributed by atoms with Crippen molar-refractivity contribution in [2.45, 2.75) is 26.7 Å². The van der Waals surface area contributed by atoms with Crippen LogP contribution in [0.2, 0.25) is 0 Å². The van der Waals surface area contributed by atoms with E-state index in [2.05, 4.69) is 49.2 Å². The van der Waals surface area contributed by atoms with Gasteiger partial charge in [0, 0.05) is 28.4 Å². The number of hydrogen-bond donors (Lipinski definition) is 2. The zero-order valence-corrected chi connectivity index (χ0v) is 13.1. The lowest BCUT2D eigenvalue weighted by molar-refractivity contribution is 1.06. The van der Waals surface area contributed by atoms with Crippen molar-refractivity contribution in [3.8, 4) is 0 Å². The molecule has 0 unspecified atom stereocenters. The molecule has 0 spiro atoms. The maximum absolute atomic E-state index is 5.97. The Hall–Kier alpha value is -2.55. The van der Waals surface area contributed by atoms with E-state index in [0.717, 1.165) is 46.8 Å². The molecule has 0 bridgehead atoms. The third-order valence-corrected chi connectivity index (χ3v) is 3.89. The Morgan fingerprint density at radius 2 is 1.95 bits per heavy atom. The number of allylic oxidation sites excluding steroid dienone is 2. The molecule has 3 heteroatoms. The lowest BCUT2D eigenvalue weighted by Gasteiger charge is -2.09. The van der Waals surface area contributed by atoms with Gasteiger partial charge in [-0.15, -0.1) is 0 Å². The number of aliphatic imine (C=N–C) groups is 1. The predicted octanol–water partition coefficient (Wildman–Crippen LogP) is 4.34. The van der Waals surface area contributed by atoms with Gasteiger partial charge in [-0.25, -0.2) is 0 Å². The molecule has 22 heavy (non-hydrogen) atoms. The Morgan fingerprint density at radius 3 is 2.59 bits per heavy atom. The smallest absolute Gasteiger partial charge is 0.0732 e. The van der Waals surface area contributed by atoms with Crippen LogP contribution in [0.5, 0.6) is 0 Å². The normalized spacial score (nSPS) is 16.0. The molecule has 0 fully saturated rings. The third kappa shape index (κ3) is 2.75. The number of rotatable bonds is 4. The summed E-state index contributed by atoms with van der Waals surface area (Å²) in [7, 11) is 0. The van der Waals surface area contributed by atoms with Crippen molar-refractivity contribution in [1.29, 1.82) is 0 Å². The van der Waals surface area contributed by atoms with Crippen LogP contribution in [0.4, 0.5) is 5.69 Å². The highest BCUT2D eigenvalue weighted by atomic mass is 14.8. The van der Waals surface area contributed by atoms with E-state index in [1.807, 2.05) is 18.2 Å². The monoisotopic (exact) mass is 291 g/mol. The Labute approximate surface area is 131 Å². The summed E-state index contributed by atoms with van der Waals surface area (Å²) in [6.07, 6.45) is 6.10. The molecular formula is C19H21N3. The number of aryl methyl sites for hydroxylation is 1. The average molecular weight is 291 g/mol. The molecule has 3 nitrogen and oxygen atoms in total. The van der Waals surface area contributed by atoms with Crippen molar-refractivity contribution in [3.63, 3.8) is 0 Å². The standard InChI is InChI=1S/C19H21N3/c1-3-15-8-10-17(21-15)19(13-6-5-7-14(20)12-13)18-11-9-16(4-2)22-18/h5-12,21H,3-4,20H2,1-2H3/b19-18-. The average Bonchev–Trinajstić information content (AvgIpc) is 3.17. The number of hydrogen-bond acceptors (Lipinski definition) is 2. The van der Waals surface area contributed by atoms with Crippen molar-refractivity contribution in [1.82, 2.24) is 4.98 Å². The molecule has 0 radical (unpaired) electrons. The number of benzene rings is 1. The van der Waals surface area contributed by atoms with Gasteiger partial charge in [-0.3, -0.25) is 4.99 Å². The number of anilines is 1. The van der Waals surface area contributed by atoms with Crippen LogP contribution in [-0.2, 0) is 6.42 Å². The first-order chi connectivity index (χ1) is 10.7. The highest BCUT2D eigenvalue weighted by molar-refractivity contribution is 6.00. The lowest BCUT2D eigenvalue weighted by Crippen LogP contribution is -1.95. The first kappa shape index (κ1) is 14.4. The summed E-state index contributed by atoms with van der Waals surface area (Å²) in [5, 5.41) is 0. The fourth-order valence-corrected chi connectivity index (χ4v) is 2.67. The number of nitrogen functional groups attached to an aromatic ring is 1. The fraction of sp³-hybridized carbons (Fsp3) is 0.211. The van der Waals surface area contributed by atoms with Crippen LogP contribution < -0.4 is 5.73 Å². The highest BCUT2D eigenvalue weighted by Gasteiger charge is 2.15. The number of nitrogens with one attached hydrogen (secondary N) is 1. The van der Waals surface area contributed by atoms with Crippen LogP contribution in [-0.4, -0.2) is 10.7 Å². The summed E-state index contributed by atoms with van der Waals surface area (Å²) in [4.78, 5) is 8.24. The number of H-pyrrole nitrogens is 1. The lowest BCUT2D eigenvalue weighted by atomic mass is 10.00. The van der Waals surface area contributed by atoms with Crippen molar-refractivity contribution >= 4 is 17.0 Å². The molecule has 3 rings (SSSR count). The van der Waals surface area contributed by atoms with Gasteiger partial charge in [0.2, 0.25) is 0 Å². The zero-order valence-electron chi connectivity index (χ0n) is 13.1. The topological polar surface area (TPSA) is 54.2 Å². The van der Waals surface area contributed by atoms with E-state index < -0.39 is 0 Å². The predicted molar refractivity (Wildman–Crippen MR) is 93.9 cm³/mol. The third-order valence-electron chi connectivity index (χ3n) is 3.89. The van der Waals surface area contributed by atoms with E-state index in [0.29, 0.717) is 0 Å². The summed E-state index contributed by atoms with van der Waals surface area (Å²) in [5.74, 6) is 0. The molecule has 0 amide bonds. The molecule has 1 aromatic carbocycles. The van der Waals surface area contributed by atoms with E-state index in [1.165, 1.54) is 5.69 Å². The molecule has 3 N–H and O–H groups in total. The minimum atomic E-state index is 0.763. The number of nitrogens with two attached hydrogens (primary N) is 1. The van der Waals surface area contributed by atoms with Crippen LogP contribution in [0.1, 0.15) is 37.2 Å². The number of aromatic amines is 1. The summed E-state index contributed by atoms with van der Waals surface area (Å²) in [6, 6.07) is 12.2. The number of nitrogens with zero attached hydrogens (tertiary/aromatic N) is 1. The van der Waals surface area contributed by atoms with Crippen molar-refractivity contribution in [2.24, 2.45) is 4.99 Å². The van der Waals surface area contributed by atoms with Crippen LogP contribution >= 0.6 is 0 Å². The SMILES string of the molecule is CCC1=N/C(=C(/c2cccc(N)c2)c2ccc(CC)[nH]2)C=C1. The maximum atomic E-state index is 5.97. The fourth-order valence-electron chi connectivity index (χ4n) is 2.67. The first-order valence-electron chi connectivity index (χ1n) is 7.75. The van der Waals surface area contributed by atoms with Gasteiger partial charge in [-0.2, -0.15) is 0 Å². The van der Waals surface area contributed by atoms with Crippen LogP contribution in [0, 0.1) is 0 Å². The molecule has 112 valence electrons. The second-order valence-corrected chi connectivity index (χ2v) is 5.43. The number of aromatic nitrogens is 1. The minimum absolute atomic E-state index is 0.763. The van der Waals surface area contributed by atoms with E-state index in [9.17, 15) is 0 Å². The van der Waals surface area contributed by atoms with Crippen molar-refractivity contribution in [2.75, 3.05) is 5.73 Å². The van der Waals surface area contributed by atoms with Gasteiger partial charge in [0.1, 0.15) is 0 Å². The van der Waals surface area contributed by atoms with E-state index >= 15 is 0 Å². The van der Waals surface area contributed by atoms with Gasteiger partial charge >= 0.3 is 0 Å². The molecule has 1 aliphatic rings. The molecule has 2 heterocycles. The summed E-state index contributed by atoms with van der Waals surface area (Å²) in [5.41, 5.74) is 13.3. The largest absolute Gasteiger partial charge is 0.399 e. The summed E-state index contributed by atoms with van der Waals surface area (Å²) >= 11 is 0. The summed E-state index contributed by atoms with van der Waals surface area (Å²) in [6.45, 7) is 4.27. The van der Waals surface area contributed by atoms with Gasteiger partial charge in [-0.1, -0.05) is 26.0 Å². The minimum Gasteiger partial charge on any atom is -0.399 e. The van der Waals surface area contributed by atoms with Crippen LogP contribution in [0.3, 0.4) is 0 Å². The van der Waals surface area contributed by atoms with Crippen molar-refractivity contribution in [3.05, 3.63) is 71.2 Å². The van der Waals surface area contributed by atoms with Crippen LogP contribution in [0.15, 0.2) is 59.2 Å². The van der Waals surface area contributed by atoms with E-state index in [4.69, 9.17) is 10.7 Å². The Bertz CT molecular complexity index is 775. The molecular weight excluding hydrogens is 270 g/mol. The highest BCUT2D eigenvalue weighted by Crippen LogP contribution is 2.31. The van der Waals surface area contributed by atoms with Gasteiger partial charge in [0.25, 0.3) is 0 Å². The summed E-state index contributed by atoms with van der Waals surface area (Å²) < 4.78 is 0. The second kappa shape index (κ2) is 6.06. The molecule has 0 saturated heterocycles. The molecule has 0 aliphatic carbocycles. The maximum Gasteiger partial charge on any atom is 0.0732 e. The second-order valence-electron chi connectivity index (χ2n) is 5.43. The molecule has 2 aromatic rings. The molecule has 1 aromatic heterocycles. The van der Waals surface area contributed by atoms with Crippen LogP contribution in [0.25, 0.3) is 5.57 Å². The van der Waals surface area contributed by atoms with Crippen molar-refractivity contribution < 1.29 is 0 Å². The molecule has 1 aliphatic heterocycles. The Kier molecular flexibility index (Phi) is 3.96. The zero-order chi connectivity index (χ0) is 15.5. The van der Waals surface area contributed by atoms with Gasteiger partial charge in [0.15, 0.2) is 0 Å². The van der Waals surface area contributed by atoms with Gasteiger partial charge in [0.05, 0.1) is 5.70 Å². The Morgan fingerprint density at radius 1 is 1.09 bits per heavy atom. The Balaban J connectivity index is 2.17. The van der Waals surface area contributed by atoms with E-state index in [-0.39, 0.29) is 0 Å². The first-order valence-corrected chi connectivity index (χ1v) is 7.75. The molecule has 0 saturated carbocycles. The molecule has 0 atom stereocenters. The van der Waals surface area contributed by atoms with Gasteiger partial charge in [-0.05, 0) is 54.8 Å². The quantitative estimate of drug-likeness (QED) is 0.809. The van der Waals surface area contributed by atoms with E-state index in [1.54, 1.807) is 0 Å². The van der Waals surface area contributed by atoms with Gasteiger partial charge < -0.3 is 10.7 Å².